The minimum absolute atomic E-state index is 0.0434. The van der Waals surface area contributed by atoms with Crippen LogP contribution in [-0.2, 0) is 9.59 Å². The van der Waals surface area contributed by atoms with E-state index in [1.54, 1.807) is 11.0 Å². The van der Waals surface area contributed by atoms with Crippen molar-refractivity contribution < 1.29 is 9.59 Å². The van der Waals surface area contributed by atoms with Crippen LogP contribution >= 0.6 is 0 Å². The van der Waals surface area contributed by atoms with E-state index in [0.717, 1.165) is 11.3 Å². The van der Waals surface area contributed by atoms with E-state index in [0.29, 0.717) is 19.5 Å². The first-order valence-corrected chi connectivity index (χ1v) is 7.35. The van der Waals surface area contributed by atoms with Crippen molar-refractivity contribution in [3.63, 3.8) is 0 Å². The maximum absolute atomic E-state index is 12.6. The molecule has 0 saturated heterocycles. The number of carbonyl (C=O) groups is 2. The number of rotatable bonds is 6. The Labute approximate surface area is 125 Å². The van der Waals surface area contributed by atoms with Crippen LogP contribution in [0, 0.1) is 18.8 Å². The Morgan fingerprint density at radius 1 is 1.43 bits per heavy atom. The molecule has 1 aromatic rings. The number of hydrogen-bond acceptors (Lipinski definition) is 2. The molecule has 0 aliphatic heterocycles. The first-order chi connectivity index (χ1) is 10.1. The summed E-state index contributed by atoms with van der Waals surface area (Å²) in [4.78, 5) is 26.2. The Morgan fingerprint density at radius 2 is 2.19 bits per heavy atom. The van der Waals surface area contributed by atoms with Gasteiger partial charge < -0.3 is 10.2 Å². The third-order valence-electron chi connectivity index (χ3n) is 3.76. The van der Waals surface area contributed by atoms with Gasteiger partial charge in [0.1, 0.15) is 0 Å². The van der Waals surface area contributed by atoms with E-state index in [1.807, 2.05) is 38.1 Å². The third kappa shape index (κ3) is 3.51. The summed E-state index contributed by atoms with van der Waals surface area (Å²) in [5.41, 5.74) is 2.02. The van der Waals surface area contributed by atoms with Crippen molar-refractivity contribution in [2.24, 2.45) is 11.8 Å². The summed E-state index contributed by atoms with van der Waals surface area (Å²) in [6.45, 7) is 8.59. The Morgan fingerprint density at radius 3 is 2.81 bits per heavy atom. The molecule has 2 atom stereocenters. The van der Waals surface area contributed by atoms with Gasteiger partial charge in [-0.3, -0.25) is 9.59 Å². The lowest BCUT2D eigenvalue weighted by atomic mass is 10.2. The van der Waals surface area contributed by atoms with Crippen LogP contribution in [0.3, 0.4) is 0 Å². The molecule has 0 spiro atoms. The molecule has 112 valence electrons. The van der Waals surface area contributed by atoms with Gasteiger partial charge in [0.2, 0.25) is 11.8 Å². The van der Waals surface area contributed by atoms with Crippen molar-refractivity contribution in [1.82, 2.24) is 5.32 Å². The number of nitrogens with zero attached hydrogens (tertiary/aromatic N) is 1. The highest BCUT2D eigenvalue weighted by atomic mass is 16.2. The zero-order chi connectivity index (χ0) is 15.4. The average Bonchev–Trinajstić information content (AvgIpc) is 3.26. The van der Waals surface area contributed by atoms with Crippen LogP contribution in [0.5, 0.6) is 0 Å². The number of nitrogens with one attached hydrogen (secondary N) is 1. The van der Waals surface area contributed by atoms with Gasteiger partial charge in [0, 0.05) is 18.8 Å². The lowest BCUT2D eigenvalue weighted by Gasteiger charge is -2.21. The number of hydrogen-bond donors (Lipinski definition) is 1. The molecular weight excluding hydrogens is 264 g/mol. The van der Waals surface area contributed by atoms with Crippen LogP contribution in [0.15, 0.2) is 36.9 Å². The van der Waals surface area contributed by atoms with E-state index in [2.05, 4.69) is 11.9 Å². The SMILES string of the molecule is C=CCNC(=O)C1CC1C(=O)N(CC)c1cccc(C)c1. The Hall–Kier alpha value is -2.10. The summed E-state index contributed by atoms with van der Waals surface area (Å²) < 4.78 is 0. The molecule has 1 saturated carbocycles. The van der Waals surface area contributed by atoms with Gasteiger partial charge in [-0.25, -0.2) is 0 Å². The lowest BCUT2D eigenvalue weighted by Crippen LogP contribution is -2.34. The van der Waals surface area contributed by atoms with Gasteiger partial charge in [-0.2, -0.15) is 0 Å². The van der Waals surface area contributed by atoms with E-state index in [1.165, 1.54) is 0 Å². The minimum atomic E-state index is -0.185. The molecular formula is C17H22N2O2. The predicted octanol–water partition coefficient (Wildman–Crippen LogP) is 2.29. The fourth-order valence-corrected chi connectivity index (χ4v) is 2.52. The Balaban J connectivity index is 2.02. The van der Waals surface area contributed by atoms with Crippen LogP contribution in [-0.4, -0.2) is 24.9 Å². The fraction of sp³-hybridized carbons (Fsp3) is 0.412. The number of anilines is 1. The number of amides is 2. The van der Waals surface area contributed by atoms with Crippen molar-refractivity contribution in [3.8, 4) is 0 Å². The summed E-state index contributed by atoms with van der Waals surface area (Å²) in [6.07, 6.45) is 2.28. The molecule has 0 bridgehead atoms. The summed E-state index contributed by atoms with van der Waals surface area (Å²) in [5, 5.41) is 2.76. The second-order valence-electron chi connectivity index (χ2n) is 5.40. The van der Waals surface area contributed by atoms with Crippen molar-refractivity contribution in [2.45, 2.75) is 20.3 Å². The maximum atomic E-state index is 12.6. The van der Waals surface area contributed by atoms with Crippen LogP contribution in [0.4, 0.5) is 5.69 Å². The monoisotopic (exact) mass is 286 g/mol. The van der Waals surface area contributed by atoms with Gasteiger partial charge in [-0.15, -0.1) is 6.58 Å². The Kier molecular flexibility index (Phi) is 4.78. The molecule has 1 aromatic carbocycles. The molecule has 0 radical (unpaired) electrons. The highest BCUT2D eigenvalue weighted by Gasteiger charge is 2.49. The van der Waals surface area contributed by atoms with Gasteiger partial charge >= 0.3 is 0 Å². The molecule has 1 aliphatic rings. The van der Waals surface area contributed by atoms with E-state index >= 15 is 0 Å². The highest BCUT2D eigenvalue weighted by molar-refractivity contribution is 6.01. The standard InChI is InChI=1S/C17H22N2O2/c1-4-9-18-16(20)14-11-15(14)17(21)19(5-2)13-8-6-7-12(3)10-13/h4,6-8,10,14-15H,1,5,9,11H2,2-3H3,(H,18,20). The van der Waals surface area contributed by atoms with Gasteiger partial charge in [0.15, 0.2) is 0 Å². The second kappa shape index (κ2) is 6.57. The average molecular weight is 286 g/mol. The van der Waals surface area contributed by atoms with Crippen molar-refractivity contribution in [3.05, 3.63) is 42.5 Å². The van der Waals surface area contributed by atoms with Gasteiger partial charge in [0.05, 0.1) is 11.8 Å². The zero-order valence-corrected chi connectivity index (χ0v) is 12.6. The molecule has 4 nitrogen and oxygen atoms in total. The molecule has 2 rings (SSSR count). The highest BCUT2D eigenvalue weighted by Crippen LogP contribution is 2.40. The van der Waals surface area contributed by atoms with Crippen LogP contribution in [0.2, 0.25) is 0 Å². The predicted molar refractivity (Wildman–Crippen MR) is 84.0 cm³/mol. The second-order valence-corrected chi connectivity index (χ2v) is 5.40. The largest absolute Gasteiger partial charge is 0.352 e. The first kappa shape index (κ1) is 15.3. The molecule has 0 heterocycles. The van der Waals surface area contributed by atoms with Crippen LogP contribution in [0.25, 0.3) is 0 Å². The molecule has 21 heavy (non-hydrogen) atoms. The quantitative estimate of drug-likeness (QED) is 0.816. The smallest absolute Gasteiger partial charge is 0.230 e. The number of carbonyl (C=O) groups excluding carboxylic acids is 2. The van der Waals surface area contributed by atoms with E-state index in [9.17, 15) is 9.59 Å². The maximum Gasteiger partial charge on any atom is 0.230 e. The topological polar surface area (TPSA) is 49.4 Å². The molecule has 1 N–H and O–H groups in total. The molecule has 2 amide bonds. The first-order valence-electron chi connectivity index (χ1n) is 7.35. The molecule has 4 heteroatoms. The van der Waals surface area contributed by atoms with E-state index < -0.39 is 0 Å². The summed E-state index contributed by atoms with van der Waals surface area (Å²) in [6, 6.07) is 7.88. The summed E-state index contributed by atoms with van der Waals surface area (Å²) in [7, 11) is 0. The minimum Gasteiger partial charge on any atom is -0.352 e. The van der Waals surface area contributed by atoms with Crippen molar-refractivity contribution in [1.29, 1.82) is 0 Å². The molecule has 1 fully saturated rings. The lowest BCUT2D eigenvalue weighted by molar-refractivity contribution is -0.125. The summed E-state index contributed by atoms with van der Waals surface area (Å²) in [5.74, 6) is -0.373. The zero-order valence-electron chi connectivity index (χ0n) is 12.6. The van der Waals surface area contributed by atoms with Crippen LogP contribution < -0.4 is 10.2 Å². The molecule has 1 aliphatic carbocycles. The molecule has 0 aromatic heterocycles. The van der Waals surface area contributed by atoms with E-state index in [4.69, 9.17) is 0 Å². The summed E-state index contributed by atoms with van der Waals surface area (Å²) >= 11 is 0. The van der Waals surface area contributed by atoms with Crippen molar-refractivity contribution >= 4 is 17.5 Å². The van der Waals surface area contributed by atoms with E-state index in [-0.39, 0.29) is 23.7 Å². The van der Waals surface area contributed by atoms with Crippen molar-refractivity contribution in [2.75, 3.05) is 18.0 Å². The van der Waals surface area contributed by atoms with Gasteiger partial charge in [-0.1, -0.05) is 18.2 Å². The van der Waals surface area contributed by atoms with Gasteiger partial charge in [0.25, 0.3) is 0 Å². The Bertz CT molecular complexity index is 553. The number of aryl methyl sites for hydroxylation is 1. The van der Waals surface area contributed by atoms with Gasteiger partial charge in [-0.05, 0) is 38.0 Å². The van der Waals surface area contributed by atoms with Crippen LogP contribution in [0.1, 0.15) is 18.9 Å². The normalized spacial score (nSPS) is 19.7. The molecule has 2 unspecified atom stereocenters. The third-order valence-corrected chi connectivity index (χ3v) is 3.76. The number of benzene rings is 1. The fourth-order valence-electron chi connectivity index (χ4n) is 2.52.